The van der Waals surface area contributed by atoms with Gasteiger partial charge in [-0.2, -0.15) is 5.10 Å². The van der Waals surface area contributed by atoms with E-state index in [0.717, 1.165) is 18.6 Å². The van der Waals surface area contributed by atoms with Crippen molar-refractivity contribution in [2.75, 3.05) is 20.3 Å². The summed E-state index contributed by atoms with van der Waals surface area (Å²) < 4.78 is 13.3. The molecule has 0 bridgehead atoms. The lowest BCUT2D eigenvalue weighted by molar-refractivity contribution is 0.215. The summed E-state index contributed by atoms with van der Waals surface area (Å²) in [4.78, 5) is 4.67. The molecule has 0 aliphatic heterocycles. The van der Waals surface area contributed by atoms with E-state index in [0.29, 0.717) is 24.8 Å². The molecule has 146 valence electrons. The van der Waals surface area contributed by atoms with Gasteiger partial charge in [-0.25, -0.2) is 4.68 Å². The number of benzene rings is 1. The molecule has 6 heteroatoms. The molecule has 0 amide bonds. The van der Waals surface area contributed by atoms with E-state index in [1.807, 2.05) is 32.2 Å². The molecular weight excluding hydrogens is 342 g/mol. The van der Waals surface area contributed by atoms with Crippen LogP contribution in [0.25, 0.3) is 0 Å². The van der Waals surface area contributed by atoms with Crippen molar-refractivity contribution in [2.24, 2.45) is 12.2 Å². The van der Waals surface area contributed by atoms with Gasteiger partial charge in [0, 0.05) is 13.1 Å². The normalized spacial score (nSPS) is 11.4. The van der Waals surface area contributed by atoms with E-state index in [4.69, 9.17) is 9.47 Å². The fourth-order valence-electron chi connectivity index (χ4n) is 2.87. The second-order valence-electron chi connectivity index (χ2n) is 6.32. The SMILES string of the molecule is C/C=C/COc1cc(C)c(CCCOc2cc(C=NOC)nn2C)c(C)c1. The van der Waals surface area contributed by atoms with Crippen LogP contribution < -0.4 is 9.47 Å². The lowest BCUT2D eigenvalue weighted by Gasteiger charge is -2.13. The van der Waals surface area contributed by atoms with Crippen LogP contribution in [0.15, 0.2) is 35.5 Å². The fraction of sp³-hybridized carbons (Fsp3) is 0.429. The van der Waals surface area contributed by atoms with Crippen LogP contribution in [0.1, 0.15) is 35.7 Å². The maximum atomic E-state index is 5.85. The number of nitrogens with zero attached hydrogens (tertiary/aromatic N) is 3. The standard InChI is InChI=1S/C21H29N3O3/c1-6-7-10-26-19-12-16(2)20(17(3)13-19)9-8-11-27-21-14-18(15-22-25-5)23-24(21)4/h6-7,12-15H,8-11H2,1-5H3/b7-6+,22-15?. The van der Waals surface area contributed by atoms with E-state index in [1.165, 1.54) is 23.8 Å². The molecule has 0 N–H and O–H groups in total. The van der Waals surface area contributed by atoms with Crippen LogP contribution in [0.5, 0.6) is 11.6 Å². The van der Waals surface area contributed by atoms with Gasteiger partial charge in [0.2, 0.25) is 5.88 Å². The highest BCUT2D eigenvalue weighted by Crippen LogP contribution is 2.23. The van der Waals surface area contributed by atoms with Crippen molar-refractivity contribution >= 4 is 6.21 Å². The van der Waals surface area contributed by atoms with Gasteiger partial charge in [-0.3, -0.25) is 0 Å². The largest absolute Gasteiger partial charge is 0.490 e. The number of rotatable bonds is 10. The Kier molecular flexibility index (Phi) is 7.92. The highest BCUT2D eigenvalue weighted by atomic mass is 16.6. The Labute approximate surface area is 161 Å². The Morgan fingerprint density at radius 1 is 1.15 bits per heavy atom. The third-order valence-corrected chi connectivity index (χ3v) is 4.22. The van der Waals surface area contributed by atoms with Gasteiger partial charge in [0.05, 0.1) is 12.8 Å². The van der Waals surface area contributed by atoms with Crippen LogP contribution in [0.3, 0.4) is 0 Å². The Bertz CT molecular complexity index is 771. The first kappa shape index (κ1) is 20.6. The molecule has 1 heterocycles. The van der Waals surface area contributed by atoms with Crippen molar-refractivity contribution in [3.63, 3.8) is 0 Å². The van der Waals surface area contributed by atoms with Crippen molar-refractivity contribution in [3.05, 3.63) is 52.7 Å². The van der Waals surface area contributed by atoms with Gasteiger partial charge in [-0.1, -0.05) is 17.3 Å². The molecule has 0 spiro atoms. The third-order valence-electron chi connectivity index (χ3n) is 4.22. The molecule has 27 heavy (non-hydrogen) atoms. The summed E-state index contributed by atoms with van der Waals surface area (Å²) in [6, 6.07) is 6.06. The average Bonchev–Trinajstić information content (AvgIpc) is 2.98. The molecule has 6 nitrogen and oxygen atoms in total. The maximum absolute atomic E-state index is 5.85. The predicted molar refractivity (Wildman–Crippen MR) is 108 cm³/mol. The minimum absolute atomic E-state index is 0.602. The topological polar surface area (TPSA) is 57.9 Å². The van der Waals surface area contributed by atoms with Gasteiger partial charge in [-0.05, 0) is 62.4 Å². The summed E-state index contributed by atoms with van der Waals surface area (Å²) in [5.74, 6) is 1.64. The lowest BCUT2D eigenvalue weighted by atomic mass is 9.98. The smallest absolute Gasteiger partial charge is 0.212 e. The first-order chi connectivity index (χ1) is 13.0. The highest BCUT2D eigenvalue weighted by molar-refractivity contribution is 5.76. The molecule has 0 saturated heterocycles. The monoisotopic (exact) mass is 371 g/mol. The van der Waals surface area contributed by atoms with E-state index >= 15 is 0 Å². The minimum atomic E-state index is 0.602. The molecule has 0 fully saturated rings. The summed E-state index contributed by atoms with van der Waals surface area (Å²) in [6.45, 7) is 7.48. The number of oxime groups is 1. The Morgan fingerprint density at radius 2 is 1.89 bits per heavy atom. The molecule has 0 radical (unpaired) electrons. The second kappa shape index (κ2) is 10.4. The van der Waals surface area contributed by atoms with E-state index in [9.17, 15) is 0 Å². The first-order valence-electron chi connectivity index (χ1n) is 9.12. The average molecular weight is 371 g/mol. The van der Waals surface area contributed by atoms with E-state index in [-0.39, 0.29) is 0 Å². The van der Waals surface area contributed by atoms with Gasteiger partial charge in [-0.15, -0.1) is 0 Å². The molecule has 0 aliphatic carbocycles. The van der Waals surface area contributed by atoms with Crippen LogP contribution in [0.4, 0.5) is 0 Å². The minimum Gasteiger partial charge on any atom is -0.490 e. The summed E-state index contributed by atoms with van der Waals surface area (Å²) in [7, 11) is 3.35. The zero-order valence-corrected chi connectivity index (χ0v) is 16.9. The van der Waals surface area contributed by atoms with Crippen molar-refractivity contribution in [1.29, 1.82) is 0 Å². The first-order valence-corrected chi connectivity index (χ1v) is 9.12. The molecule has 0 saturated carbocycles. The van der Waals surface area contributed by atoms with Crippen LogP contribution in [0.2, 0.25) is 0 Å². The Balaban J connectivity index is 1.88. The number of aromatic nitrogens is 2. The molecular formula is C21H29N3O3. The lowest BCUT2D eigenvalue weighted by Crippen LogP contribution is -2.05. The number of ether oxygens (including phenoxy) is 2. The molecule has 0 atom stereocenters. The Hall–Kier alpha value is -2.76. The van der Waals surface area contributed by atoms with Gasteiger partial charge in [0.15, 0.2) is 0 Å². The molecule has 2 rings (SSSR count). The van der Waals surface area contributed by atoms with E-state index < -0.39 is 0 Å². The quantitative estimate of drug-likeness (QED) is 0.274. The molecule has 2 aromatic rings. The van der Waals surface area contributed by atoms with Crippen LogP contribution in [-0.2, 0) is 18.3 Å². The van der Waals surface area contributed by atoms with Gasteiger partial charge in [0.25, 0.3) is 0 Å². The molecule has 0 unspecified atom stereocenters. The van der Waals surface area contributed by atoms with Crippen LogP contribution >= 0.6 is 0 Å². The summed E-state index contributed by atoms with van der Waals surface area (Å²) >= 11 is 0. The number of aryl methyl sites for hydroxylation is 3. The maximum Gasteiger partial charge on any atom is 0.212 e. The summed E-state index contributed by atoms with van der Waals surface area (Å²) in [5, 5.41) is 8.01. The molecule has 0 aliphatic rings. The highest BCUT2D eigenvalue weighted by Gasteiger charge is 2.08. The van der Waals surface area contributed by atoms with Crippen LogP contribution in [-0.4, -0.2) is 36.3 Å². The van der Waals surface area contributed by atoms with E-state index in [1.54, 1.807) is 10.9 Å². The fourth-order valence-corrected chi connectivity index (χ4v) is 2.87. The number of hydrogen-bond acceptors (Lipinski definition) is 5. The summed E-state index contributed by atoms with van der Waals surface area (Å²) in [5.41, 5.74) is 4.57. The van der Waals surface area contributed by atoms with Crippen molar-refractivity contribution < 1.29 is 14.3 Å². The predicted octanol–water partition coefficient (Wildman–Crippen LogP) is 3.98. The third kappa shape index (κ3) is 6.16. The zero-order chi connectivity index (χ0) is 19.6. The van der Waals surface area contributed by atoms with Gasteiger partial charge >= 0.3 is 0 Å². The Morgan fingerprint density at radius 3 is 2.56 bits per heavy atom. The summed E-state index contributed by atoms with van der Waals surface area (Å²) in [6.07, 6.45) is 7.43. The molecule has 1 aromatic heterocycles. The van der Waals surface area contributed by atoms with E-state index in [2.05, 4.69) is 41.1 Å². The van der Waals surface area contributed by atoms with Crippen molar-refractivity contribution in [3.8, 4) is 11.6 Å². The zero-order valence-electron chi connectivity index (χ0n) is 16.9. The second-order valence-corrected chi connectivity index (χ2v) is 6.32. The van der Waals surface area contributed by atoms with Gasteiger partial charge in [0.1, 0.15) is 25.2 Å². The van der Waals surface area contributed by atoms with Crippen molar-refractivity contribution in [1.82, 2.24) is 9.78 Å². The van der Waals surface area contributed by atoms with Gasteiger partial charge < -0.3 is 14.3 Å². The molecule has 1 aromatic carbocycles. The van der Waals surface area contributed by atoms with Crippen molar-refractivity contribution in [2.45, 2.75) is 33.6 Å². The number of hydrogen-bond donors (Lipinski definition) is 0. The van der Waals surface area contributed by atoms with Crippen LogP contribution in [0, 0.1) is 13.8 Å². The number of allylic oxidation sites excluding steroid dienone is 1.